The quantitative estimate of drug-likeness (QED) is 0.807. The van der Waals surface area contributed by atoms with E-state index in [4.69, 9.17) is 17.3 Å². The van der Waals surface area contributed by atoms with Crippen LogP contribution in [0.15, 0.2) is 48.5 Å². The lowest BCUT2D eigenvalue weighted by molar-refractivity contribution is -0.131. The van der Waals surface area contributed by atoms with Crippen molar-refractivity contribution in [3.8, 4) is 0 Å². The van der Waals surface area contributed by atoms with Crippen molar-refractivity contribution in [1.82, 2.24) is 0 Å². The van der Waals surface area contributed by atoms with E-state index in [2.05, 4.69) is 0 Å². The van der Waals surface area contributed by atoms with Crippen LogP contribution in [0.5, 0.6) is 0 Å². The number of anilines is 1. The summed E-state index contributed by atoms with van der Waals surface area (Å²) in [6.45, 7) is 6.05. The zero-order valence-corrected chi connectivity index (χ0v) is 16.7. The molecule has 1 aliphatic heterocycles. The number of Topliss-reactive ketones (excluding diaryl/α,β-unsaturated/α-hetero) is 1. The lowest BCUT2D eigenvalue weighted by atomic mass is 9.74. The summed E-state index contributed by atoms with van der Waals surface area (Å²) in [5, 5.41) is 0.628. The highest BCUT2D eigenvalue weighted by molar-refractivity contribution is 6.31. The molecule has 2 N–H and O–H groups in total. The number of para-hydroxylation sites is 1. The number of carbonyl (C=O) groups excluding carboxylic acids is 2. The van der Waals surface area contributed by atoms with Gasteiger partial charge in [0, 0.05) is 23.2 Å². The monoisotopic (exact) mass is 384 g/mol. The highest BCUT2D eigenvalue weighted by Crippen LogP contribution is 2.51. The molecule has 0 radical (unpaired) electrons. The third kappa shape index (κ3) is 3.02. The van der Waals surface area contributed by atoms with Gasteiger partial charge in [-0.05, 0) is 29.7 Å². The second kappa shape index (κ2) is 7.35. The van der Waals surface area contributed by atoms with E-state index in [0.717, 1.165) is 16.8 Å². The molecule has 1 amide bonds. The van der Waals surface area contributed by atoms with Gasteiger partial charge in [-0.2, -0.15) is 0 Å². The number of hydrogen-bond acceptors (Lipinski definition) is 3. The van der Waals surface area contributed by atoms with Crippen LogP contribution in [0.1, 0.15) is 44.2 Å². The Bertz CT molecular complexity index is 880. The standard InChI is InChI=1S/C22H25ClN2O2/c1-4-22(21(24)27)19(20(26)14(2)3)16-10-6-8-12-18(16)25(22)13-15-9-5-7-11-17(15)23/h5-12,14,19H,4,13H2,1-3H3,(H2,24,27). The summed E-state index contributed by atoms with van der Waals surface area (Å²) in [5.74, 6) is -1.23. The number of carbonyl (C=O) groups is 2. The smallest absolute Gasteiger partial charge is 0.244 e. The summed E-state index contributed by atoms with van der Waals surface area (Å²) in [6.07, 6.45) is 0.435. The second-order valence-electron chi connectivity index (χ2n) is 7.37. The topological polar surface area (TPSA) is 63.4 Å². The fourth-order valence-corrected chi connectivity index (χ4v) is 4.39. The maximum Gasteiger partial charge on any atom is 0.244 e. The van der Waals surface area contributed by atoms with E-state index in [9.17, 15) is 9.59 Å². The highest BCUT2D eigenvalue weighted by Gasteiger charge is 2.57. The minimum atomic E-state index is -1.11. The predicted molar refractivity (Wildman–Crippen MR) is 109 cm³/mol. The largest absolute Gasteiger partial charge is 0.368 e. The van der Waals surface area contributed by atoms with Crippen molar-refractivity contribution in [2.24, 2.45) is 11.7 Å². The number of benzene rings is 2. The summed E-state index contributed by atoms with van der Waals surface area (Å²) >= 11 is 6.39. The van der Waals surface area contributed by atoms with Crippen LogP contribution in [-0.2, 0) is 16.1 Å². The lowest BCUT2D eigenvalue weighted by Crippen LogP contribution is -2.59. The van der Waals surface area contributed by atoms with Crippen LogP contribution in [0.2, 0.25) is 5.02 Å². The SMILES string of the molecule is CCC1(C(N)=O)C(C(=O)C(C)C)c2ccccc2N1Cc1ccccc1Cl. The van der Waals surface area contributed by atoms with Crippen LogP contribution in [0.4, 0.5) is 5.69 Å². The third-order valence-electron chi connectivity index (χ3n) is 5.60. The molecular weight excluding hydrogens is 360 g/mol. The van der Waals surface area contributed by atoms with E-state index in [-0.39, 0.29) is 11.7 Å². The molecule has 2 aromatic carbocycles. The Morgan fingerprint density at radius 3 is 2.37 bits per heavy atom. The second-order valence-corrected chi connectivity index (χ2v) is 7.78. The zero-order chi connectivity index (χ0) is 19.8. The molecule has 0 saturated heterocycles. The van der Waals surface area contributed by atoms with Crippen LogP contribution in [0.25, 0.3) is 0 Å². The minimum absolute atomic E-state index is 0.0322. The van der Waals surface area contributed by atoms with Crippen LogP contribution in [0, 0.1) is 5.92 Å². The van der Waals surface area contributed by atoms with Crippen LogP contribution >= 0.6 is 11.6 Å². The molecule has 0 aliphatic carbocycles. The van der Waals surface area contributed by atoms with Gasteiger partial charge in [-0.15, -0.1) is 0 Å². The van der Waals surface area contributed by atoms with E-state index in [1.807, 2.05) is 74.2 Å². The molecule has 2 unspecified atom stereocenters. The fourth-order valence-electron chi connectivity index (χ4n) is 4.20. The number of fused-ring (bicyclic) bond motifs is 1. The van der Waals surface area contributed by atoms with E-state index in [0.29, 0.717) is 18.0 Å². The molecule has 0 bridgehead atoms. The molecule has 2 atom stereocenters. The first-order chi connectivity index (χ1) is 12.8. The maximum absolute atomic E-state index is 13.2. The van der Waals surface area contributed by atoms with E-state index in [1.54, 1.807) is 0 Å². The maximum atomic E-state index is 13.2. The first-order valence-corrected chi connectivity index (χ1v) is 9.66. The van der Waals surface area contributed by atoms with Crippen LogP contribution < -0.4 is 10.6 Å². The Labute approximate surface area is 165 Å². The molecule has 0 spiro atoms. The molecule has 142 valence electrons. The summed E-state index contributed by atoms with van der Waals surface area (Å²) in [7, 11) is 0. The molecule has 1 aliphatic rings. The Kier molecular flexibility index (Phi) is 5.29. The van der Waals surface area contributed by atoms with Gasteiger partial charge in [0.05, 0.1) is 5.92 Å². The van der Waals surface area contributed by atoms with Gasteiger partial charge < -0.3 is 10.6 Å². The van der Waals surface area contributed by atoms with E-state index in [1.165, 1.54) is 0 Å². The molecule has 1 heterocycles. The fraction of sp³-hybridized carbons (Fsp3) is 0.364. The van der Waals surface area contributed by atoms with Gasteiger partial charge in [0.2, 0.25) is 5.91 Å². The Morgan fingerprint density at radius 2 is 1.78 bits per heavy atom. The summed E-state index contributed by atoms with van der Waals surface area (Å²) in [5.41, 5.74) is 7.49. The summed E-state index contributed by atoms with van der Waals surface area (Å²) < 4.78 is 0. The number of nitrogens with two attached hydrogens (primary N) is 1. The third-order valence-corrected chi connectivity index (χ3v) is 5.97. The van der Waals surface area contributed by atoms with Crippen molar-refractivity contribution >= 4 is 29.0 Å². The molecule has 0 saturated carbocycles. The van der Waals surface area contributed by atoms with Crippen LogP contribution in [-0.4, -0.2) is 17.2 Å². The molecule has 0 fully saturated rings. The minimum Gasteiger partial charge on any atom is -0.368 e. The lowest BCUT2D eigenvalue weighted by Gasteiger charge is -2.41. The van der Waals surface area contributed by atoms with Gasteiger partial charge in [-0.3, -0.25) is 9.59 Å². The Hall–Kier alpha value is -2.33. The van der Waals surface area contributed by atoms with Crippen molar-refractivity contribution in [2.45, 2.75) is 45.2 Å². The van der Waals surface area contributed by atoms with Gasteiger partial charge in [0.25, 0.3) is 0 Å². The number of nitrogens with zero attached hydrogens (tertiary/aromatic N) is 1. The number of amides is 1. The number of ketones is 1. The molecule has 0 aromatic heterocycles. The summed E-state index contributed by atoms with van der Waals surface area (Å²) in [4.78, 5) is 28.0. The molecule has 4 nitrogen and oxygen atoms in total. The first-order valence-electron chi connectivity index (χ1n) is 9.28. The van der Waals surface area contributed by atoms with Gasteiger partial charge >= 0.3 is 0 Å². The highest BCUT2D eigenvalue weighted by atomic mass is 35.5. The number of rotatable bonds is 6. The molecular formula is C22H25ClN2O2. The van der Waals surface area contributed by atoms with E-state index < -0.39 is 17.4 Å². The predicted octanol–water partition coefficient (Wildman–Crippen LogP) is 4.30. The number of hydrogen-bond donors (Lipinski definition) is 1. The molecule has 27 heavy (non-hydrogen) atoms. The zero-order valence-electron chi connectivity index (χ0n) is 15.9. The number of primary amides is 1. The van der Waals surface area contributed by atoms with Crippen molar-refractivity contribution in [3.05, 3.63) is 64.7 Å². The Morgan fingerprint density at radius 1 is 1.15 bits per heavy atom. The first kappa shape index (κ1) is 19.4. The average Bonchev–Trinajstić information content (AvgIpc) is 2.93. The molecule has 3 rings (SSSR count). The van der Waals surface area contributed by atoms with Gasteiger partial charge in [0.1, 0.15) is 11.3 Å². The van der Waals surface area contributed by atoms with Crippen LogP contribution in [0.3, 0.4) is 0 Å². The van der Waals surface area contributed by atoms with Crippen molar-refractivity contribution in [2.75, 3.05) is 4.90 Å². The Balaban J connectivity index is 2.22. The van der Waals surface area contributed by atoms with Gasteiger partial charge in [0.15, 0.2) is 0 Å². The average molecular weight is 385 g/mol. The normalized spacial score (nSPS) is 21.4. The van der Waals surface area contributed by atoms with Gasteiger partial charge in [-0.1, -0.05) is 68.8 Å². The van der Waals surface area contributed by atoms with Gasteiger partial charge in [-0.25, -0.2) is 0 Å². The number of halogens is 1. The van der Waals surface area contributed by atoms with Crippen molar-refractivity contribution < 1.29 is 9.59 Å². The van der Waals surface area contributed by atoms with E-state index >= 15 is 0 Å². The molecule has 5 heteroatoms. The van der Waals surface area contributed by atoms with Crippen molar-refractivity contribution in [3.63, 3.8) is 0 Å². The van der Waals surface area contributed by atoms with Crippen molar-refractivity contribution in [1.29, 1.82) is 0 Å². The molecule has 2 aromatic rings. The summed E-state index contributed by atoms with van der Waals surface area (Å²) in [6, 6.07) is 15.3.